The number of ether oxygens (including phenoxy) is 4. The maximum absolute atomic E-state index is 13.2. The SMILES string of the molecule is CC(=O)N[C@H](C(=O)N[C@@H](CCCNC(N)=O)C(=O)Nc1ccc(COC(=O)N[C@@H](CCC(=O)C=[N+]=[N-])C(=O)OC(C)C)cc1)C(C)C.CC(C)OC(=O)[C@H](CCC(=O)C=[N+]=[N-])NC(=O)OCc1ccc(NC(=O)[C@H](CCCNC(N)=O)NC(=O)[C@@H](N)C(C)C)cc1. The topological polar surface area (TPSA) is 518 Å². The molecule has 11 amide bonds. The lowest BCUT2D eigenvalue weighted by molar-refractivity contribution is -0.151. The van der Waals surface area contributed by atoms with Gasteiger partial charge in [0.1, 0.15) is 43.4 Å². The zero-order chi connectivity index (χ0) is 68.8. The number of amides is 11. The monoisotopic (exact) mass is 1280 g/mol. The number of Topliss-reactive ketones (excluding diaryl/α,β-unsaturated/α-hetero) is 2. The Bertz CT molecular complexity index is 2890. The second kappa shape index (κ2) is 42.7. The Hall–Kier alpha value is -10.1. The third kappa shape index (κ3) is 34.9. The Balaban J connectivity index is 0.000000912. The maximum atomic E-state index is 13.2. The van der Waals surface area contributed by atoms with Crippen molar-refractivity contribution >= 4 is 101 Å². The molecule has 33 heteroatoms. The molecule has 6 atom stereocenters. The number of hydrogen-bond donors (Lipinski definition) is 12. The minimum absolute atomic E-state index is 0.105. The van der Waals surface area contributed by atoms with Gasteiger partial charge in [0.05, 0.1) is 18.2 Å². The van der Waals surface area contributed by atoms with E-state index in [1.807, 2.05) is 0 Å². The van der Waals surface area contributed by atoms with Crippen molar-refractivity contribution < 1.29 is 90.9 Å². The van der Waals surface area contributed by atoms with Gasteiger partial charge in [-0.15, -0.1) is 0 Å². The molecular weight excluding hydrogens is 1190 g/mol. The molecule has 0 aliphatic rings. The number of alkyl carbamates (subject to hydrolysis) is 2. The van der Waals surface area contributed by atoms with Gasteiger partial charge >= 0.3 is 48.6 Å². The average Bonchev–Trinajstić information content (AvgIpc) is 2.36. The van der Waals surface area contributed by atoms with E-state index in [1.165, 1.54) is 6.92 Å². The number of nitrogens with one attached hydrogen (secondary N) is 9. The van der Waals surface area contributed by atoms with Gasteiger partial charge in [0, 0.05) is 44.2 Å². The number of primary amides is 2. The van der Waals surface area contributed by atoms with Crippen LogP contribution in [0.3, 0.4) is 0 Å². The van der Waals surface area contributed by atoms with Crippen LogP contribution in [0.4, 0.5) is 30.6 Å². The first-order valence-electron chi connectivity index (χ1n) is 29.0. The van der Waals surface area contributed by atoms with Crippen LogP contribution in [0, 0.1) is 11.8 Å². The highest BCUT2D eigenvalue weighted by Crippen LogP contribution is 2.16. The van der Waals surface area contributed by atoms with Gasteiger partial charge in [0.2, 0.25) is 41.1 Å². The van der Waals surface area contributed by atoms with Crippen molar-refractivity contribution in [3.8, 4) is 0 Å². The van der Waals surface area contributed by atoms with Gasteiger partial charge in [0.25, 0.3) is 0 Å². The van der Waals surface area contributed by atoms with Crippen LogP contribution >= 0.6 is 0 Å². The van der Waals surface area contributed by atoms with Crippen molar-refractivity contribution in [1.82, 2.24) is 37.2 Å². The molecule has 91 heavy (non-hydrogen) atoms. The summed E-state index contributed by atoms with van der Waals surface area (Å²) in [5.74, 6) is -5.52. The van der Waals surface area contributed by atoms with E-state index in [9.17, 15) is 62.3 Å². The maximum Gasteiger partial charge on any atom is 0.408 e. The molecule has 2 aromatic carbocycles. The van der Waals surface area contributed by atoms with Crippen molar-refractivity contribution in [2.24, 2.45) is 29.0 Å². The lowest BCUT2D eigenvalue weighted by atomic mass is 10.0. The van der Waals surface area contributed by atoms with Crippen molar-refractivity contribution in [2.45, 2.75) is 175 Å². The molecule has 0 saturated heterocycles. The fourth-order valence-electron chi connectivity index (χ4n) is 7.61. The summed E-state index contributed by atoms with van der Waals surface area (Å²) in [6.45, 7) is 14.9. The Morgan fingerprint density at radius 1 is 0.495 bits per heavy atom. The summed E-state index contributed by atoms with van der Waals surface area (Å²) in [6.07, 6.45) is -0.994. The van der Waals surface area contributed by atoms with Gasteiger partial charge in [-0.1, -0.05) is 52.0 Å². The first-order chi connectivity index (χ1) is 42.8. The van der Waals surface area contributed by atoms with E-state index in [1.54, 1.807) is 104 Å². The summed E-state index contributed by atoms with van der Waals surface area (Å²) >= 11 is 0. The Morgan fingerprint density at radius 2 is 0.868 bits per heavy atom. The van der Waals surface area contributed by atoms with Crippen LogP contribution in [-0.2, 0) is 75.3 Å². The molecule has 0 fully saturated rings. The minimum atomic E-state index is -1.19. The number of carbonyl (C=O) groups excluding carboxylic acids is 13. The van der Waals surface area contributed by atoms with Crippen LogP contribution in [0.25, 0.3) is 11.1 Å². The average molecular weight is 1280 g/mol. The van der Waals surface area contributed by atoms with E-state index in [4.69, 9.17) is 47.2 Å². The van der Waals surface area contributed by atoms with Crippen LogP contribution in [0.15, 0.2) is 48.5 Å². The summed E-state index contributed by atoms with van der Waals surface area (Å²) in [6, 6.07) is 5.16. The van der Waals surface area contributed by atoms with E-state index in [0.29, 0.717) is 47.8 Å². The third-order valence-corrected chi connectivity index (χ3v) is 12.3. The molecule has 500 valence electrons. The number of ketones is 2. The molecule has 0 aliphatic carbocycles. The first kappa shape index (κ1) is 78.9. The summed E-state index contributed by atoms with van der Waals surface area (Å²) in [5, 5.41) is 22.9. The highest BCUT2D eigenvalue weighted by atomic mass is 16.6. The standard InChI is InChI=1S/C30H44N8O9.C28H42N8O8/c1-17(2)25(35-19(5)39)27(42)37-23(7-6-14-33-29(31)44)26(41)36-21-10-8-20(9-11-21)16-46-30(45)38-24(28(43)47-18(3)4)13-12-22(40)15-34-32;1-16(2)23(29)25(39)35-21(6-5-13-32-27(30)41)24(38)34-19-9-7-18(8-10-19)15-43-28(42)36-22(26(40)44-17(3)4)12-11-20(37)14-33-31/h8-11,15,17-18,23-25H,6-7,12-14,16H2,1-5H3,(H,35,39)(H,36,41)(H,37,42)(H,38,45)(H3,31,33,44);7-10,14,16-17,21-23H,5-6,11-13,15,29H2,1-4H3,(H,34,38)(H,35,39)(H,36,42)(H3,30,32,41)/t23-,24-,25-;21-,22-,23-/m00/s1. The molecule has 2 rings (SSSR count). The van der Waals surface area contributed by atoms with Crippen LogP contribution in [-0.4, -0.2) is 161 Å². The number of urea groups is 2. The Labute approximate surface area is 526 Å². The molecule has 33 nitrogen and oxygen atoms in total. The van der Waals surface area contributed by atoms with Gasteiger partial charge < -0.3 is 95.1 Å². The smallest absolute Gasteiger partial charge is 0.408 e. The molecule has 0 aromatic heterocycles. The molecule has 0 unspecified atom stereocenters. The van der Waals surface area contributed by atoms with Crippen LogP contribution in [0.1, 0.15) is 125 Å². The van der Waals surface area contributed by atoms with Crippen LogP contribution in [0.5, 0.6) is 0 Å². The minimum Gasteiger partial charge on any atom is -0.461 e. The van der Waals surface area contributed by atoms with E-state index >= 15 is 0 Å². The number of nitrogens with two attached hydrogens (primary N) is 3. The van der Waals surface area contributed by atoms with Gasteiger partial charge in [-0.3, -0.25) is 33.6 Å². The molecule has 15 N–H and O–H groups in total. The number of nitrogens with zero attached hydrogens (tertiary/aromatic N) is 4. The Morgan fingerprint density at radius 3 is 1.19 bits per heavy atom. The lowest BCUT2D eigenvalue weighted by Crippen LogP contribution is -2.54. The summed E-state index contributed by atoms with van der Waals surface area (Å²) < 4.78 is 20.6. The largest absolute Gasteiger partial charge is 0.461 e. The van der Waals surface area contributed by atoms with Gasteiger partial charge in [-0.25, -0.2) is 28.8 Å². The molecule has 0 radical (unpaired) electrons. The molecule has 0 heterocycles. The number of carbonyl (C=O) groups is 13. The van der Waals surface area contributed by atoms with Gasteiger partial charge in [0.15, 0.2) is 0 Å². The zero-order valence-corrected chi connectivity index (χ0v) is 52.5. The predicted octanol–water partition coefficient (Wildman–Crippen LogP) is 1.65. The van der Waals surface area contributed by atoms with E-state index < -0.39 is 126 Å². The molecule has 0 saturated carbocycles. The lowest BCUT2D eigenvalue weighted by Gasteiger charge is -2.25. The van der Waals surface area contributed by atoms with Crippen LogP contribution in [0.2, 0.25) is 0 Å². The number of rotatable bonds is 37. The fraction of sp³-hybridized carbons (Fsp3) is 0.534. The highest BCUT2D eigenvalue weighted by molar-refractivity contribution is 6.25. The van der Waals surface area contributed by atoms with Gasteiger partial charge in [-0.2, -0.15) is 9.58 Å². The van der Waals surface area contributed by atoms with Crippen molar-refractivity contribution in [3.05, 3.63) is 70.7 Å². The number of anilines is 2. The second-order valence-corrected chi connectivity index (χ2v) is 21.6. The highest BCUT2D eigenvalue weighted by Gasteiger charge is 2.30. The quantitative estimate of drug-likeness (QED) is 0.0114. The molecule has 0 spiro atoms. The first-order valence-corrected chi connectivity index (χ1v) is 29.0. The van der Waals surface area contributed by atoms with Crippen molar-refractivity contribution in [3.63, 3.8) is 0 Å². The molecule has 0 aliphatic heterocycles. The fourth-order valence-corrected chi connectivity index (χ4v) is 7.61. The predicted molar refractivity (Wildman–Crippen MR) is 327 cm³/mol. The van der Waals surface area contributed by atoms with Crippen LogP contribution < -0.4 is 65.1 Å². The molecular formula is C58H86N16O17. The Kier molecular flexibility index (Phi) is 37.0. The van der Waals surface area contributed by atoms with Crippen molar-refractivity contribution in [2.75, 3.05) is 23.7 Å². The molecule has 0 bridgehead atoms. The van der Waals surface area contributed by atoms with E-state index in [2.05, 4.69) is 57.4 Å². The number of benzene rings is 2. The number of esters is 2. The second-order valence-electron chi connectivity index (χ2n) is 21.6. The third-order valence-electron chi connectivity index (χ3n) is 12.3. The summed E-state index contributed by atoms with van der Waals surface area (Å²) in [7, 11) is 0. The van der Waals surface area contributed by atoms with E-state index in [0.717, 1.165) is 0 Å². The van der Waals surface area contributed by atoms with Crippen molar-refractivity contribution in [1.29, 1.82) is 0 Å². The zero-order valence-electron chi connectivity index (χ0n) is 52.5. The normalized spacial score (nSPS) is 12.5. The summed E-state index contributed by atoms with van der Waals surface area (Å²) in [4.78, 5) is 163. The summed E-state index contributed by atoms with van der Waals surface area (Å²) in [5.41, 5.74) is 34.9. The number of hydrogen-bond acceptors (Lipinski definition) is 18. The molecule has 2 aromatic rings. The van der Waals surface area contributed by atoms with E-state index in [-0.39, 0.29) is 76.7 Å². The van der Waals surface area contributed by atoms with Gasteiger partial charge in [-0.05, 0) is 113 Å².